The molecular weight excluding hydrogens is 308 g/mol. The van der Waals surface area contributed by atoms with E-state index in [0.29, 0.717) is 6.10 Å². The molecule has 134 valence electrons. The summed E-state index contributed by atoms with van der Waals surface area (Å²) in [6.45, 7) is 6.79. The van der Waals surface area contributed by atoms with Gasteiger partial charge in [-0.3, -0.25) is 4.90 Å². The zero-order valence-electron chi connectivity index (χ0n) is 14.5. The second-order valence-corrected chi connectivity index (χ2v) is 6.47. The maximum atomic E-state index is 5.90. The Labute approximate surface area is 143 Å². The zero-order chi connectivity index (χ0) is 16.6. The van der Waals surface area contributed by atoms with E-state index >= 15 is 0 Å². The summed E-state index contributed by atoms with van der Waals surface area (Å²) in [6, 6.07) is 3.87. The Kier molecular flexibility index (Phi) is 6.77. The zero-order valence-corrected chi connectivity index (χ0v) is 14.5. The van der Waals surface area contributed by atoms with Gasteiger partial charge in [0.1, 0.15) is 0 Å². The van der Waals surface area contributed by atoms with Crippen molar-refractivity contribution in [2.24, 2.45) is 0 Å². The summed E-state index contributed by atoms with van der Waals surface area (Å²) in [5.74, 6) is 0.873. The van der Waals surface area contributed by atoms with Crippen LogP contribution >= 0.6 is 0 Å². The van der Waals surface area contributed by atoms with E-state index in [1.807, 2.05) is 19.2 Å². The second-order valence-electron chi connectivity index (χ2n) is 6.47. The first-order valence-corrected chi connectivity index (χ1v) is 8.83. The van der Waals surface area contributed by atoms with Gasteiger partial charge in [-0.15, -0.1) is 5.10 Å². The van der Waals surface area contributed by atoms with E-state index in [0.717, 1.165) is 64.8 Å². The van der Waals surface area contributed by atoms with Gasteiger partial charge in [0.25, 0.3) is 0 Å². The Balaban J connectivity index is 1.34. The third kappa shape index (κ3) is 5.37. The quantitative estimate of drug-likeness (QED) is 0.651. The molecule has 1 aromatic heterocycles. The lowest BCUT2D eigenvalue weighted by Crippen LogP contribution is -2.48. The van der Waals surface area contributed by atoms with Crippen molar-refractivity contribution in [3.8, 4) is 0 Å². The number of hydrogen-bond acceptors (Lipinski definition) is 7. The Morgan fingerprint density at radius 2 is 2.25 bits per heavy atom. The minimum Gasteiger partial charge on any atom is -0.377 e. The fourth-order valence-electron chi connectivity index (χ4n) is 3.17. The van der Waals surface area contributed by atoms with Crippen LogP contribution in [0.3, 0.4) is 0 Å². The lowest BCUT2D eigenvalue weighted by molar-refractivity contribution is -0.0384. The van der Waals surface area contributed by atoms with Gasteiger partial charge in [0.15, 0.2) is 5.82 Å². The molecule has 2 saturated heterocycles. The Morgan fingerprint density at radius 1 is 1.33 bits per heavy atom. The summed E-state index contributed by atoms with van der Waals surface area (Å²) in [5, 5.41) is 8.06. The third-order valence-corrected chi connectivity index (χ3v) is 4.53. The fourth-order valence-corrected chi connectivity index (χ4v) is 3.17. The molecule has 0 spiro atoms. The summed E-state index contributed by atoms with van der Waals surface area (Å²) < 4.78 is 17.2. The largest absolute Gasteiger partial charge is 0.377 e. The number of likely N-dealkylation sites (N-methyl/N-ethyl adjacent to an activating group) is 1. The van der Waals surface area contributed by atoms with Gasteiger partial charge in [-0.05, 0) is 25.0 Å². The molecule has 0 saturated carbocycles. The molecule has 0 aromatic carbocycles. The van der Waals surface area contributed by atoms with Crippen LogP contribution in [-0.2, 0) is 14.2 Å². The highest BCUT2D eigenvalue weighted by Gasteiger charge is 2.22. The maximum Gasteiger partial charge on any atom is 0.151 e. The van der Waals surface area contributed by atoms with Crippen molar-refractivity contribution in [2.45, 2.75) is 25.0 Å². The van der Waals surface area contributed by atoms with Crippen molar-refractivity contribution in [1.82, 2.24) is 15.1 Å². The molecule has 0 bridgehead atoms. The van der Waals surface area contributed by atoms with E-state index in [9.17, 15) is 0 Å². The highest BCUT2D eigenvalue weighted by Crippen LogP contribution is 2.13. The number of ether oxygens (including phenoxy) is 3. The van der Waals surface area contributed by atoms with E-state index in [1.54, 1.807) is 6.20 Å². The van der Waals surface area contributed by atoms with Gasteiger partial charge in [-0.2, -0.15) is 5.10 Å². The Hall–Kier alpha value is -1.28. The predicted octanol–water partition coefficient (Wildman–Crippen LogP) is 0.809. The Bertz CT molecular complexity index is 470. The molecule has 2 fully saturated rings. The van der Waals surface area contributed by atoms with Gasteiger partial charge in [0.2, 0.25) is 0 Å². The average Bonchev–Trinajstić information content (AvgIpc) is 3.13. The lowest BCUT2D eigenvalue weighted by Gasteiger charge is -2.34. The number of hydrogen-bond donors (Lipinski definition) is 0. The van der Waals surface area contributed by atoms with Crippen molar-refractivity contribution in [1.29, 1.82) is 0 Å². The van der Waals surface area contributed by atoms with Crippen LogP contribution in [-0.4, -0.2) is 87.0 Å². The Morgan fingerprint density at radius 3 is 3.04 bits per heavy atom. The summed E-state index contributed by atoms with van der Waals surface area (Å²) in [7, 11) is 2.02. The van der Waals surface area contributed by atoms with E-state index in [-0.39, 0.29) is 6.10 Å². The van der Waals surface area contributed by atoms with Gasteiger partial charge in [-0.1, -0.05) is 0 Å². The topological polar surface area (TPSA) is 60.0 Å². The van der Waals surface area contributed by atoms with Gasteiger partial charge in [-0.25, -0.2) is 0 Å². The number of nitrogens with zero attached hydrogens (tertiary/aromatic N) is 4. The molecule has 2 atom stereocenters. The third-order valence-electron chi connectivity index (χ3n) is 4.53. The first-order chi connectivity index (χ1) is 11.8. The maximum absolute atomic E-state index is 5.90. The molecule has 0 radical (unpaired) electrons. The molecule has 7 heteroatoms. The van der Waals surface area contributed by atoms with Crippen molar-refractivity contribution >= 4 is 5.82 Å². The molecule has 2 aliphatic rings. The highest BCUT2D eigenvalue weighted by atomic mass is 16.5. The van der Waals surface area contributed by atoms with E-state index < -0.39 is 0 Å². The number of morpholine rings is 1. The van der Waals surface area contributed by atoms with Crippen LogP contribution in [0.25, 0.3) is 0 Å². The van der Waals surface area contributed by atoms with Crippen LogP contribution < -0.4 is 4.90 Å². The average molecular weight is 336 g/mol. The molecule has 0 amide bonds. The second kappa shape index (κ2) is 9.27. The molecule has 7 nitrogen and oxygen atoms in total. The minimum absolute atomic E-state index is 0.184. The van der Waals surface area contributed by atoms with Crippen molar-refractivity contribution < 1.29 is 14.2 Å². The normalized spacial score (nSPS) is 25.0. The molecule has 1 aromatic rings. The van der Waals surface area contributed by atoms with E-state index in [4.69, 9.17) is 14.2 Å². The monoisotopic (exact) mass is 336 g/mol. The van der Waals surface area contributed by atoms with Crippen LogP contribution in [0.1, 0.15) is 12.8 Å². The highest BCUT2D eigenvalue weighted by molar-refractivity contribution is 5.35. The minimum atomic E-state index is 0.184. The molecular formula is C17H28N4O3. The molecule has 0 N–H and O–H groups in total. The van der Waals surface area contributed by atoms with Crippen molar-refractivity contribution in [2.75, 3.05) is 64.6 Å². The van der Waals surface area contributed by atoms with Crippen LogP contribution in [0.4, 0.5) is 5.82 Å². The number of rotatable bonds is 8. The first kappa shape index (κ1) is 17.5. The standard InChI is InChI=1S/C17H28N4O3/c1-20(17-5-2-6-18-19-17)12-16-13-21(8-11-24-16)7-10-22-14-15-4-3-9-23-15/h2,5-6,15-16H,3-4,7-14H2,1H3/t15-,16-/m1/s1. The SMILES string of the molecule is CN(C[C@@H]1CN(CCOC[C@H]2CCCO2)CCO1)c1cccnn1. The van der Waals surface area contributed by atoms with Gasteiger partial charge >= 0.3 is 0 Å². The number of aromatic nitrogens is 2. The van der Waals surface area contributed by atoms with Crippen LogP contribution in [0.15, 0.2) is 18.3 Å². The summed E-state index contributed by atoms with van der Waals surface area (Å²) >= 11 is 0. The van der Waals surface area contributed by atoms with Crippen molar-refractivity contribution in [3.63, 3.8) is 0 Å². The van der Waals surface area contributed by atoms with Gasteiger partial charge in [0, 0.05) is 46.0 Å². The van der Waals surface area contributed by atoms with E-state index in [1.165, 1.54) is 6.42 Å². The fraction of sp³-hybridized carbons (Fsp3) is 0.765. The molecule has 3 heterocycles. The smallest absolute Gasteiger partial charge is 0.151 e. The molecule has 24 heavy (non-hydrogen) atoms. The molecule has 0 unspecified atom stereocenters. The molecule has 3 rings (SSSR count). The van der Waals surface area contributed by atoms with E-state index in [2.05, 4.69) is 20.0 Å². The predicted molar refractivity (Wildman–Crippen MR) is 91.3 cm³/mol. The van der Waals surface area contributed by atoms with Crippen molar-refractivity contribution in [3.05, 3.63) is 18.3 Å². The summed E-state index contributed by atoms with van der Waals surface area (Å²) in [5.41, 5.74) is 0. The van der Waals surface area contributed by atoms with Crippen LogP contribution in [0.2, 0.25) is 0 Å². The van der Waals surface area contributed by atoms with Gasteiger partial charge in [0.05, 0.1) is 32.0 Å². The van der Waals surface area contributed by atoms with Gasteiger partial charge < -0.3 is 19.1 Å². The molecule has 2 aliphatic heterocycles. The number of anilines is 1. The van der Waals surface area contributed by atoms with Crippen LogP contribution in [0.5, 0.6) is 0 Å². The first-order valence-electron chi connectivity index (χ1n) is 8.83. The van der Waals surface area contributed by atoms with Crippen LogP contribution in [0, 0.1) is 0 Å². The summed E-state index contributed by atoms with van der Waals surface area (Å²) in [4.78, 5) is 4.50. The molecule has 0 aliphatic carbocycles. The summed E-state index contributed by atoms with van der Waals surface area (Å²) in [6.07, 6.45) is 4.48. The lowest BCUT2D eigenvalue weighted by atomic mass is 10.2.